The molecule has 3 heterocycles. The number of halogens is 1. The Hall–Kier alpha value is -3.65. The van der Waals surface area contributed by atoms with Crippen molar-refractivity contribution in [1.29, 1.82) is 0 Å². The third kappa shape index (κ3) is 3.85. The zero-order chi connectivity index (χ0) is 22.2. The number of benzene rings is 2. The fraction of sp³-hybridized carbons (Fsp3) is 0.217. The van der Waals surface area contributed by atoms with Crippen molar-refractivity contribution in [2.45, 2.75) is 19.8 Å². The van der Waals surface area contributed by atoms with E-state index < -0.39 is 5.97 Å². The van der Waals surface area contributed by atoms with Crippen molar-refractivity contribution < 1.29 is 19.6 Å². The molecule has 2 aromatic carbocycles. The third-order valence-electron chi connectivity index (χ3n) is 5.60. The summed E-state index contributed by atoms with van der Waals surface area (Å²) in [6.07, 6.45) is 6.07. The second kappa shape index (κ2) is 8.12. The molecule has 162 valence electrons. The number of aryl methyl sites for hydroxylation is 1. The standard InChI is InChI=1S/C23H20ClN5O3/c1-13-4-5-15(8-16(13)21(30)31)32-23-27-19-9-17(18(24)10-20(19)28-23)14-11-25-22(26-12-14)29-6-2-3-7-29/h4-5,8-12H,2-3,6-7H2,1H3,(H,27,28)(H,30,31)/p+1. The lowest BCUT2D eigenvalue weighted by atomic mass is 10.1. The van der Waals surface area contributed by atoms with Crippen LogP contribution >= 0.6 is 11.6 Å². The first-order valence-corrected chi connectivity index (χ1v) is 10.7. The minimum atomic E-state index is -1.00. The molecule has 1 fully saturated rings. The van der Waals surface area contributed by atoms with Gasteiger partial charge in [-0.25, -0.2) is 9.78 Å². The van der Waals surface area contributed by atoms with Crippen molar-refractivity contribution in [3.63, 3.8) is 0 Å². The second-order valence-corrected chi connectivity index (χ2v) is 8.20. The number of rotatable bonds is 5. The molecule has 0 amide bonds. The van der Waals surface area contributed by atoms with E-state index in [4.69, 9.17) is 16.3 Å². The van der Waals surface area contributed by atoms with Gasteiger partial charge in [-0.15, -0.1) is 0 Å². The van der Waals surface area contributed by atoms with Gasteiger partial charge in [-0.3, -0.25) is 4.90 Å². The number of H-pyrrole nitrogens is 2. The number of aromatic nitrogens is 4. The number of nitrogens with zero attached hydrogens (tertiary/aromatic N) is 3. The predicted octanol–water partition coefficient (Wildman–Crippen LogP) is 4.49. The van der Waals surface area contributed by atoms with E-state index in [1.807, 2.05) is 12.3 Å². The monoisotopic (exact) mass is 450 g/mol. The van der Waals surface area contributed by atoms with Crippen LogP contribution in [0.5, 0.6) is 11.8 Å². The Bertz CT molecular complexity index is 1310. The molecule has 0 radical (unpaired) electrons. The number of carbonyl (C=O) groups is 1. The van der Waals surface area contributed by atoms with Crippen LogP contribution in [0.1, 0.15) is 28.8 Å². The van der Waals surface area contributed by atoms with Gasteiger partial charge in [-0.05, 0) is 49.6 Å². The smallest absolute Gasteiger partial charge is 0.391 e. The highest BCUT2D eigenvalue weighted by Gasteiger charge is 2.22. The van der Waals surface area contributed by atoms with Crippen LogP contribution in [-0.2, 0) is 0 Å². The average molecular weight is 451 g/mol. The minimum absolute atomic E-state index is 0.185. The summed E-state index contributed by atoms with van der Waals surface area (Å²) in [5, 5.41) is 9.87. The Balaban J connectivity index is 1.43. The van der Waals surface area contributed by atoms with Gasteiger partial charge in [-0.1, -0.05) is 22.7 Å². The van der Waals surface area contributed by atoms with Gasteiger partial charge in [-0.2, -0.15) is 4.98 Å². The molecular weight excluding hydrogens is 430 g/mol. The number of hydrogen-bond acceptors (Lipinski definition) is 5. The highest BCUT2D eigenvalue weighted by Crippen LogP contribution is 2.32. The Labute approximate surface area is 188 Å². The lowest BCUT2D eigenvalue weighted by Gasteiger charge is -2.08. The molecule has 1 aliphatic rings. The van der Waals surface area contributed by atoms with Gasteiger partial charge in [0, 0.05) is 11.1 Å². The number of ether oxygens (including phenoxy) is 1. The first-order chi connectivity index (χ1) is 15.5. The summed E-state index contributed by atoms with van der Waals surface area (Å²) in [5.41, 5.74) is 3.89. The minimum Gasteiger partial charge on any atom is -0.478 e. The molecule has 0 bridgehead atoms. The number of anilines is 1. The van der Waals surface area contributed by atoms with E-state index in [0.717, 1.165) is 30.2 Å². The number of aromatic amines is 2. The maximum Gasteiger partial charge on any atom is 0.391 e. The molecule has 4 aromatic rings. The van der Waals surface area contributed by atoms with Crippen molar-refractivity contribution in [2.24, 2.45) is 0 Å². The Morgan fingerprint density at radius 3 is 2.78 bits per heavy atom. The predicted molar refractivity (Wildman–Crippen MR) is 121 cm³/mol. The molecule has 2 aromatic heterocycles. The van der Waals surface area contributed by atoms with Crippen LogP contribution < -0.4 is 14.6 Å². The quantitative estimate of drug-likeness (QED) is 0.464. The number of aromatic carboxylic acids is 1. The van der Waals surface area contributed by atoms with Crippen LogP contribution in [0.3, 0.4) is 0 Å². The molecule has 0 saturated carbocycles. The zero-order valence-electron chi connectivity index (χ0n) is 17.4. The molecule has 1 aliphatic heterocycles. The maximum absolute atomic E-state index is 11.4. The SMILES string of the molecule is Cc1ccc(Oc2nc3cc(-c4cnc(N5CCCC5)[nH+]c4)c(Cl)cc3[nH]2)cc1C(=O)O. The van der Waals surface area contributed by atoms with E-state index in [-0.39, 0.29) is 11.6 Å². The number of nitrogens with one attached hydrogen (secondary N) is 2. The van der Waals surface area contributed by atoms with Gasteiger partial charge in [0.2, 0.25) is 0 Å². The van der Waals surface area contributed by atoms with E-state index in [1.54, 1.807) is 31.3 Å². The average Bonchev–Trinajstić information content (AvgIpc) is 3.44. The van der Waals surface area contributed by atoms with E-state index in [1.165, 1.54) is 18.9 Å². The summed E-state index contributed by atoms with van der Waals surface area (Å²) >= 11 is 6.54. The van der Waals surface area contributed by atoms with Crippen LogP contribution in [0.2, 0.25) is 5.02 Å². The highest BCUT2D eigenvalue weighted by molar-refractivity contribution is 6.34. The van der Waals surface area contributed by atoms with E-state index in [9.17, 15) is 9.90 Å². The number of fused-ring (bicyclic) bond motifs is 1. The zero-order valence-corrected chi connectivity index (χ0v) is 18.1. The van der Waals surface area contributed by atoms with Crippen molar-refractivity contribution >= 4 is 34.6 Å². The normalized spacial score (nSPS) is 13.6. The van der Waals surface area contributed by atoms with Gasteiger partial charge in [0.15, 0.2) is 0 Å². The van der Waals surface area contributed by atoms with Crippen LogP contribution in [0, 0.1) is 6.92 Å². The molecule has 8 nitrogen and oxygen atoms in total. The summed E-state index contributed by atoms with van der Waals surface area (Å²) in [4.78, 5) is 29.0. The molecule has 0 atom stereocenters. The summed E-state index contributed by atoms with van der Waals surface area (Å²) in [5.74, 6) is 0.238. The first kappa shape index (κ1) is 20.3. The molecule has 0 spiro atoms. The molecule has 3 N–H and O–H groups in total. The summed E-state index contributed by atoms with van der Waals surface area (Å²) in [7, 11) is 0. The summed E-state index contributed by atoms with van der Waals surface area (Å²) < 4.78 is 5.77. The van der Waals surface area contributed by atoms with Gasteiger partial charge >= 0.3 is 11.9 Å². The van der Waals surface area contributed by atoms with Gasteiger partial charge in [0.25, 0.3) is 6.01 Å². The molecule has 0 aliphatic carbocycles. The van der Waals surface area contributed by atoms with Gasteiger partial charge < -0.3 is 14.8 Å². The summed E-state index contributed by atoms with van der Waals surface area (Å²) in [6.45, 7) is 3.77. The van der Waals surface area contributed by atoms with Crippen molar-refractivity contribution in [2.75, 3.05) is 18.0 Å². The summed E-state index contributed by atoms with van der Waals surface area (Å²) in [6, 6.07) is 8.80. The topological polar surface area (TPSA) is 105 Å². The van der Waals surface area contributed by atoms with Crippen LogP contribution in [0.15, 0.2) is 42.7 Å². The Morgan fingerprint density at radius 2 is 2.06 bits per heavy atom. The Kier molecular flexibility index (Phi) is 5.14. The van der Waals surface area contributed by atoms with Gasteiger partial charge in [0.05, 0.1) is 40.9 Å². The number of carboxylic acid groups (broad SMARTS) is 1. The second-order valence-electron chi connectivity index (χ2n) is 7.80. The fourth-order valence-electron chi connectivity index (χ4n) is 3.88. The molecule has 0 unspecified atom stereocenters. The molecule has 5 rings (SSSR count). The van der Waals surface area contributed by atoms with Crippen molar-refractivity contribution in [3.8, 4) is 22.9 Å². The number of carboxylic acids is 1. The van der Waals surface area contributed by atoms with E-state index >= 15 is 0 Å². The van der Waals surface area contributed by atoms with Crippen molar-refractivity contribution in [3.05, 3.63) is 58.9 Å². The number of imidazole rings is 1. The Morgan fingerprint density at radius 1 is 1.25 bits per heavy atom. The van der Waals surface area contributed by atoms with E-state index in [2.05, 4.69) is 24.8 Å². The first-order valence-electron chi connectivity index (χ1n) is 10.3. The van der Waals surface area contributed by atoms with Crippen LogP contribution in [0.4, 0.5) is 5.95 Å². The lowest BCUT2D eigenvalue weighted by molar-refractivity contribution is -0.367. The van der Waals surface area contributed by atoms with E-state index in [0.29, 0.717) is 27.4 Å². The van der Waals surface area contributed by atoms with Crippen molar-refractivity contribution in [1.82, 2.24) is 15.0 Å². The molecule has 32 heavy (non-hydrogen) atoms. The molecule has 1 saturated heterocycles. The fourth-order valence-corrected chi connectivity index (χ4v) is 4.15. The molecule has 9 heteroatoms. The van der Waals surface area contributed by atoms with Crippen LogP contribution in [-0.4, -0.2) is 39.1 Å². The molecular formula is C23H21ClN5O3+. The lowest BCUT2D eigenvalue weighted by Crippen LogP contribution is -2.27. The maximum atomic E-state index is 11.4. The third-order valence-corrected chi connectivity index (χ3v) is 5.91. The largest absolute Gasteiger partial charge is 0.478 e. The van der Waals surface area contributed by atoms with Crippen LogP contribution in [0.25, 0.3) is 22.2 Å². The van der Waals surface area contributed by atoms with Gasteiger partial charge in [0.1, 0.15) is 11.9 Å². The number of hydrogen-bond donors (Lipinski definition) is 2. The highest BCUT2D eigenvalue weighted by atomic mass is 35.5.